The molecule has 0 aromatic heterocycles. The largest absolute Gasteiger partial charge is 0.359 e. The van der Waals surface area contributed by atoms with E-state index in [1.165, 1.54) is 0 Å². The van der Waals surface area contributed by atoms with E-state index >= 15 is 0 Å². The summed E-state index contributed by atoms with van der Waals surface area (Å²) in [7, 11) is 1.66. The minimum Gasteiger partial charge on any atom is -0.359 e. The van der Waals surface area contributed by atoms with Crippen LogP contribution in [0.2, 0.25) is 0 Å². The third-order valence-electron chi connectivity index (χ3n) is 1.31. The van der Waals surface area contributed by atoms with Gasteiger partial charge in [-0.2, -0.15) is 0 Å². The Hall–Kier alpha value is -0.530. The van der Waals surface area contributed by atoms with Crippen molar-refractivity contribution in [2.75, 3.05) is 7.05 Å². The Labute approximate surface area is 72.4 Å². The third kappa shape index (κ3) is 9.47. The van der Waals surface area contributed by atoms with Crippen molar-refractivity contribution in [3.8, 4) is 0 Å². The van der Waals surface area contributed by atoms with Crippen molar-refractivity contribution in [3.05, 3.63) is 0 Å². The first kappa shape index (κ1) is 22.4. The topological polar surface area (TPSA) is 29.1 Å². The molecule has 1 amide bonds. The predicted molar refractivity (Wildman–Crippen MR) is 53.7 cm³/mol. The minimum atomic E-state index is 0. The van der Waals surface area contributed by atoms with Crippen LogP contribution in [0.3, 0.4) is 0 Å². The van der Waals surface area contributed by atoms with Crippen LogP contribution in [0.25, 0.3) is 0 Å². The number of carbonyl (C=O) groups is 1. The summed E-state index contributed by atoms with van der Waals surface area (Å²) in [4.78, 5) is 10.6. The number of rotatable bonds is 2. The van der Waals surface area contributed by atoms with Crippen molar-refractivity contribution in [1.82, 2.24) is 5.32 Å². The zero-order chi connectivity index (χ0) is 6.57. The maximum atomic E-state index is 10.6. The van der Waals surface area contributed by atoms with Gasteiger partial charge < -0.3 is 5.32 Å². The first-order chi connectivity index (χ1) is 3.72. The Bertz CT molecular complexity index is 81.6. The van der Waals surface area contributed by atoms with Crippen LogP contribution in [0.4, 0.5) is 0 Å². The first-order valence-electron chi connectivity index (χ1n) is 2.94. The van der Waals surface area contributed by atoms with Gasteiger partial charge in [-0.3, -0.25) is 4.79 Å². The van der Waals surface area contributed by atoms with Gasteiger partial charge in [0.2, 0.25) is 5.91 Å². The Morgan fingerprint density at radius 2 is 1.73 bits per heavy atom. The van der Waals surface area contributed by atoms with E-state index in [0.717, 1.165) is 6.42 Å². The van der Waals surface area contributed by atoms with Crippen LogP contribution in [0, 0.1) is 5.92 Å². The molecule has 0 saturated heterocycles. The molecular formula is C9H25NO. The molecule has 0 aliphatic heterocycles. The summed E-state index contributed by atoms with van der Waals surface area (Å²) in [6, 6.07) is 0. The first-order valence-corrected chi connectivity index (χ1v) is 2.94. The molecule has 72 valence electrons. The second-order valence-corrected chi connectivity index (χ2v) is 1.92. The van der Waals surface area contributed by atoms with Gasteiger partial charge in [-0.15, -0.1) is 0 Å². The Morgan fingerprint density at radius 1 is 1.36 bits per heavy atom. The second kappa shape index (κ2) is 12.2. The molecule has 11 heavy (non-hydrogen) atoms. The molecule has 1 unspecified atom stereocenters. The summed E-state index contributed by atoms with van der Waals surface area (Å²) in [6.07, 6.45) is 0.916. The number of hydrogen-bond acceptors (Lipinski definition) is 1. The van der Waals surface area contributed by atoms with E-state index in [2.05, 4.69) is 5.32 Å². The lowest BCUT2D eigenvalue weighted by Crippen LogP contribution is -2.24. The summed E-state index contributed by atoms with van der Waals surface area (Å²) in [5.41, 5.74) is 0. The van der Waals surface area contributed by atoms with Gasteiger partial charge in [0.15, 0.2) is 0 Å². The highest BCUT2D eigenvalue weighted by molar-refractivity contribution is 5.77. The molecule has 0 heterocycles. The van der Waals surface area contributed by atoms with E-state index in [9.17, 15) is 4.79 Å². The molecule has 0 aromatic rings. The Balaban J connectivity index is -0.0000000817. The fourth-order valence-corrected chi connectivity index (χ4v) is 0.432. The van der Waals surface area contributed by atoms with Crippen LogP contribution in [-0.4, -0.2) is 13.0 Å². The van der Waals surface area contributed by atoms with Crippen molar-refractivity contribution in [2.45, 2.75) is 42.5 Å². The lowest BCUT2D eigenvalue weighted by Gasteiger charge is -2.03. The molecule has 1 N–H and O–H groups in total. The predicted octanol–water partition coefficient (Wildman–Crippen LogP) is 2.69. The second-order valence-electron chi connectivity index (χ2n) is 1.92. The van der Waals surface area contributed by atoms with E-state index in [1.807, 2.05) is 13.8 Å². The summed E-state index contributed by atoms with van der Waals surface area (Å²) < 4.78 is 0. The number of amides is 1. The molecule has 1 atom stereocenters. The zero-order valence-electron chi connectivity index (χ0n) is 5.69. The monoisotopic (exact) mass is 163 g/mol. The van der Waals surface area contributed by atoms with Crippen molar-refractivity contribution >= 4 is 5.91 Å². The lowest BCUT2D eigenvalue weighted by molar-refractivity contribution is -0.124. The van der Waals surface area contributed by atoms with Gasteiger partial charge in [0, 0.05) is 13.0 Å². The van der Waals surface area contributed by atoms with E-state index in [-0.39, 0.29) is 34.1 Å². The molecule has 0 spiro atoms. The van der Waals surface area contributed by atoms with Crippen LogP contribution < -0.4 is 5.32 Å². The van der Waals surface area contributed by atoms with Crippen molar-refractivity contribution in [1.29, 1.82) is 0 Å². The van der Waals surface area contributed by atoms with Crippen LogP contribution in [0.5, 0.6) is 0 Å². The highest BCUT2D eigenvalue weighted by Gasteiger charge is 2.05. The highest BCUT2D eigenvalue weighted by atomic mass is 16.1. The minimum absolute atomic E-state index is 0. The van der Waals surface area contributed by atoms with Crippen molar-refractivity contribution in [3.63, 3.8) is 0 Å². The van der Waals surface area contributed by atoms with Gasteiger partial charge in [0.25, 0.3) is 0 Å². The van der Waals surface area contributed by atoms with Gasteiger partial charge in [-0.05, 0) is 6.42 Å². The third-order valence-corrected chi connectivity index (χ3v) is 1.31. The average Bonchev–Trinajstić information content (AvgIpc) is 1.84. The lowest BCUT2D eigenvalue weighted by atomic mass is 10.1. The zero-order valence-corrected chi connectivity index (χ0v) is 5.69. The molecule has 0 aromatic carbocycles. The SMILES string of the molecule is C.C.C.CCC(C)C(=O)NC. The molecule has 0 rings (SSSR count). The molecule has 2 heteroatoms. The normalized spacial score (nSPS) is 9.36. The van der Waals surface area contributed by atoms with E-state index < -0.39 is 0 Å². The number of hydrogen-bond donors (Lipinski definition) is 1. The molecule has 0 saturated carbocycles. The molecular weight excluding hydrogens is 138 g/mol. The fourth-order valence-electron chi connectivity index (χ4n) is 0.432. The van der Waals surface area contributed by atoms with Gasteiger partial charge in [-0.25, -0.2) is 0 Å². The fraction of sp³-hybridized carbons (Fsp3) is 0.889. The Morgan fingerprint density at radius 3 is 1.82 bits per heavy atom. The van der Waals surface area contributed by atoms with Crippen LogP contribution in [-0.2, 0) is 4.79 Å². The standard InChI is InChI=1S/C6H13NO.3CH4/c1-4-5(2)6(8)7-3;;;/h5H,4H2,1-3H3,(H,7,8);3*1H4. The van der Waals surface area contributed by atoms with Crippen LogP contribution in [0.15, 0.2) is 0 Å². The van der Waals surface area contributed by atoms with E-state index in [0.29, 0.717) is 0 Å². The molecule has 0 aliphatic rings. The summed E-state index contributed by atoms with van der Waals surface area (Å²) in [6.45, 7) is 3.92. The van der Waals surface area contributed by atoms with Crippen LogP contribution >= 0.6 is 0 Å². The van der Waals surface area contributed by atoms with Gasteiger partial charge >= 0.3 is 0 Å². The highest BCUT2D eigenvalue weighted by Crippen LogP contribution is 1.97. The molecule has 0 bridgehead atoms. The molecule has 0 radical (unpaired) electrons. The summed E-state index contributed by atoms with van der Waals surface area (Å²) in [5.74, 6) is 0.299. The number of nitrogens with one attached hydrogen (secondary N) is 1. The van der Waals surface area contributed by atoms with Gasteiger partial charge in [0.05, 0.1) is 0 Å². The molecule has 0 aliphatic carbocycles. The number of carbonyl (C=O) groups excluding carboxylic acids is 1. The molecule has 0 fully saturated rings. The Kier molecular flexibility index (Phi) is 24.8. The van der Waals surface area contributed by atoms with Crippen molar-refractivity contribution < 1.29 is 4.79 Å². The summed E-state index contributed by atoms with van der Waals surface area (Å²) in [5, 5.41) is 2.58. The van der Waals surface area contributed by atoms with Gasteiger partial charge in [-0.1, -0.05) is 36.1 Å². The van der Waals surface area contributed by atoms with Crippen molar-refractivity contribution in [2.24, 2.45) is 5.92 Å². The smallest absolute Gasteiger partial charge is 0.222 e. The average molecular weight is 163 g/mol. The molecule has 2 nitrogen and oxygen atoms in total. The van der Waals surface area contributed by atoms with E-state index in [4.69, 9.17) is 0 Å². The van der Waals surface area contributed by atoms with Crippen LogP contribution in [0.1, 0.15) is 42.5 Å². The maximum Gasteiger partial charge on any atom is 0.222 e. The van der Waals surface area contributed by atoms with E-state index in [1.54, 1.807) is 7.05 Å². The van der Waals surface area contributed by atoms with Gasteiger partial charge in [0.1, 0.15) is 0 Å². The summed E-state index contributed by atoms with van der Waals surface area (Å²) >= 11 is 0. The maximum absolute atomic E-state index is 10.6. The quantitative estimate of drug-likeness (QED) is 0.666.